The van der Waals surface area contributed by atoms with Crippen molar-refractivity contribution in [2.75, 3.05) is 34.9 Å². The van der Waals surface area contributed by atoms with Crippen LogP contribution in [0.15, 0.2) is 30.1 Å². The molecule has 3 aliphatic rings. The molecule has 0 amide bonds. The van der Waals surface area contributed by atoms with Gasteiger partial charge in [-0.25, -0.2) is 0 Å². The number of ether oxygens (including phenoxy) is 3. The highest BCUT2D eigenvalue weighted by atomic mass is 16.6. The molecule has 29 heavy (non-hydrogen) atoms. The lowest BCUT2D eigenvalue weighted by molar-refractivity contribution is -0.924. The minimum absolute atomic E-state index is 0.151. The van der Waals surface area contributed by atoms with Gasteiger partial charge in [0.1, 0.15) is 6.04 Å². The van der Waals surface area contributed by atoms with Crippen molar-refractivity contribution in [3.8, 4) is 11.5 Å². The van der Waals surface area contributed by atoms with E-state index in [2.05, 4.69) is 14.1 Å². The Kier molecular flexibility index (Phi) is 4.57. The van der Waals surface area contributed by atoms with Gasteiger partial charge in [-0.2, -0.15) is 0 Å². The van der Waals surface area contributed by atoms with Crippen LogP contribution in [0.5, 0.6) is 11.5 Å². The molecular formula is C23H28NO5+. The summed E-state index contributed by atoms with van der Waals surface area (Å²) in [5.74, 6) is 0.783. The summed E-state index contributed by atoms with van der Waals surface area (Å²) in [7, 11) is 7.60. The van der Waals surface area contributed by atoms with E-state index in [-0.39, 0.29) is 5.78 Å². The summed E-state index contributed by atoms with van der Waals surface area (Å²) in [5, 5.41) is 0. The van der Waals surface area contributed by atoms with Crippen LogP contribution in [0.25, 0.3) is 0 Å². The van der Waals surface area contributed by atoms with Crippen molar-refractivity contribution in [1.29, 1.82) is 0 Å². The second-order valence-electron chi connectivity index (χ2n) is 8.71. The van der Waals surface area contributed by atoms with E-state index >= 15 is 0 Å². The summed E-state index contributed by atoms with van der Waals surface area (Å²) < 4.78 is 17.6. The maximum absolute atomic E-state index is 12.3. The zero-order valence-electron chi connectivity index (χ0n) is 17.7. The third kappa shape index (κ3) is 2.97. The van der Waals surface area contributed by atoms with Crippen LogP contribution in [0.4, 0.5) is 0 Å². The fourth-order valence-corrected chi connectivity index (χ4v) is 5.19. The van der Waals surface area contributed by atoms with E-state index in [1.54, 1.807) is 13.2 Å². The first-order valence-corrected chi connectivity index (χ1v) is 9.98. The minimum atomic E-state index is -0.573. The molecule has 6 nitrogen and oxygen atoms in total. The summed E-state index contributed by atoms with van der Waals surface area (Å²) in [6.07, 6.45) is 8.08. The number of nitrogens with zero attached hydrogens (tertiary/aromatic N) is 1. The number of carbonyl (C=O) groups is 2. The first kappa shape index (κ1) is 19.7. The number of quaternary nitrogens is 1. The largest absolute Gasteiger partial charge is 0.493 e. The molecule has 6 heteroatoms. The van der Waals surface area contributed by atoms with Gasteiger partial charge in [0.05, 0.1) is 34.9 Å². The van der Waals surface area contributed by atoms with Crippen LogP contribution >= 0.6 is 0 Å². The van der Waals surface area contributed by atoms with Gasteiger partial charge < -0.3 is 18.7 Å². The first-order chi connectivity index (χ1) is 13.7. The Morgan fingerprint density at radius 2 is 2.00 bits per heavy atom. The maximum Gasteiger partial charge on any atom is 0.308 e. The Labute approximate surface area is 171 Å². The van der Waals surface area contributed by atoms with Gasteiger partial charge in [0.2, 0.25) is 5.78 Å². The van der Waals surface area contributed by atoms with Gasteiger partial charge in [0.15, 0.2) is 17.3 Å². The average molecular weight is 398 g/mol. The first-order valence-electron chi connectivity index (χ1n) is 9.98. The van der Waals surface area contributed by atoms with E-state index in [4.69, 9.17) is 14.2 Å². The molecule has 0 N–H and O–H groups in total. The summed E-state index contributed by atoms with van der Waals surface area (Å²) in [4.78, 5) is 24.3. The Morgan fingerprint density at radius 1 is 1.24 bits per heavy atom. The Balaban J connectivity index is 2.07. The molecule has 0 radical (unpaired) electrons. The Morgan fingerprint density at radius 3 is 2.66 bits per heavy atom. The van der Waals surface area contributed by atoms with Crippen molar-refractivity contribution in [3.63, 3.8) is 0 Å². The maximum atomic E-state index is 12.3. The number of rotatable bonds is 3. The van der Waals surface area contributed by atoms with Gasteiger partial charge in [-0.05, 0) is 30.2 Å². The molecule has 0 bridgehead atoms. The normalized spacial score (nSPS) is 26.6. The smallest absolute Gasteiger partial charge is 0.308 e. The van der Waals surface area contributed by atoms with Crippen molar-refractivity contribution >= 4 is 11.8 Å². The molecule has 0 aromatic heterocycles. The van der Waals surface area contributed by atoms with Gasteiger partial charge in [-0.15, -0.1) is 0 Å². The lowest BCUT2D eigenvalue weighted by atomic mass is 9.63. The molecule has 1 spiro atoms. The lowest BCUT2D eigenvalue weighted by Crippen LogP contribution is -2.51. The van der Waals surface area contributed by atoms with Crippen molar-refractivity contribution < 1.29 is 28.3 Å². The molecule has 0 saturated carbocycles. The number of likely N-dealkylation sites (N-methyl/N-ethyl adjacent to an activating group) is 1. The number of methoxy groups -OCH3 is 2. The molecule has 2 unspecified atom stereocenters. The van der Waals surface area contributed by atoms with Gasteiger partial charge in [0, 0.05) is 36.3 Å². The molecule has 1 aromatic carbocycles. The highest BCUT2D eigenvalue weighted by molar-refractivity contribution is 6.04. The van der Waals surface area contributed by atoms with Gasteiger partial charge in [-0.3, -0.25) is 9.59 Å². The minimum Gasteiger partial charge on any atom is -0.493 e. The number of esters is 1. The number of ketones is 1. The quantitative estimate of drug-likeness (QED) is 0.445. The predicted molar refractivity (Wildman–Crippen MR) is 108 cm³/mol. The van der Waals surface area contributed by atoms with Crippen LogP contribution in [0.1, 0.15) is 42.5 Å². The van der Waals surface area contributed by atoms with Gasteiger partial charge in [-0.1, -0.05) is 6.08 Å². The third-order valence-electron chi connectivity index (χ3n) is 6.65. The Bertz CT molecular complexity index is 959. The summed E-state index contributed by atoms with van der Waals surface area (Å²) in [6.45, 7) is 2.43. The zero-order chi connectivity index (χ0) is 21.0. The molecule has 0 saturated heterocycles. The zero-order valence-corrected chi connectivity index (χ0v) is 17.7. The van der Waals surface area contributed by atoms with E-state index in [0.717, 1.165) is 35.9 Å². The van der Waals surface area contributed by atoms with E-state index in [9.17, 15) is 9.59 Å². The van der Waals surface area contributed by atoms with Gasteiger partial charge in [0.25, 0.3) is 0 Å². The standard InChI is InChI=1S/C23H28NO5/c1-14(25)29-22-18(27-4)12-15-8-11-24(2,3)16-6-9-23(21(22)20(15)16)10-7-17(26)19(13-23)28-5/h7,10,12-13,16H,6,8-9,11H2,1-5H3/q+1. The van der Waals surface area contributed by atoms with Crippen LogP contribution in [0.2, 0.25) is 0 Å². The summed E-state index contributed by atoms with van der Waals surface area (Å²) in [6, 6.07) is 2.31. The number of allylic oxidation sites excluding steroid dienone is 3. The van der Waals surface area contributed by atoms with Crippen LogP contribution in [0, 0.1) is 0 Å². The molecule has 1 aromatic rings. The van der Waals surface area contributed by atoms with Crippen LogP contribution in [0.3, 0.4) is 0 Å². The molecule has 1 aliphatic heterocycles. The molecular weight excluding hydrogens is 370 g/mol. The third-order valence-corrected chi connectivity index (χ3v) is 6.65. The van der Waals surface area contributed by atoms with Crippen LogP contribution in [-0.4, -0.2) is 51.1 Å². The summed E-state index contributed by atoms with van der Waals surface area (Å²) >= 11 is 0. The monoisotopic (exact) mass is 398 g/mol. The van der Waals surface area contributed by atoms with Crippen molar-refractivity contribution in [1.82, 2.24) is 0 Å². The van der Waals surface area contributed by atoms with Crippen molar-refractivity contribution in [2.24, 2.45) is 0 Å². The van der Waals surface area contributed by atoms with E-state index in [0.29, 0.717) is 23.3 Å². The molecule has 2 aliphatic carbocycles. The highest BCUT2D eigenvalue weighted by Crippen LogP contribution is 2.57. The van der Waals surface area contributed by atoms with E-state index in [1.807, 2.05) is 18.2 Å². The lowest BCUT2D eigenvalue weighted by Gasteiger charge is -2.50. The number of fused-ring (bicyclic) bond motifs is 1. The van der Waals surface area contributed by atoms with E-state index in [1.165, 1.54) is 25.2 Å². The SMILES string of the molecule is COC1=CC2(C=CC1=O)CCC1c3c(cc(OC)c(OC(C)=O)c32)CC[N+]1(C)C. The van der Waals surface area contributed by atoms with Crippen LogP contribution in [-0.2, 0) is 26.2 Å². The van der Waals surface area contributed by atoms with Crippen molar-refractivity contribution in [2.45, 2.75) is 37.6 Å². The summed E-state index contributed by atoms with van der Waals surface area (Å²) in [5.41, 5.74) is 2.81. The molecule has 4 rings (SSSR count). The van der Waals surface area contributed by atoms with Crippen molar-refractivity contribution in [3.05, 3.63) is 46.7 Å². The van der Waals surface area contributed by atoms with Crippen LogP contribution < -0.4 is 9.47 Å². The molecule has 0 fully saturated rings. The second-order valence-corrected chi connectivity index (χ2v) is 8.71. The fourth-order valence-electron chi connectivity index (χ4n) is 5.19. The molecule has 2 atom stereocenters. The number of hydrogen-bond acceptors (Lipinski definition) is 5. The predicted octanol–water partition coefficient (Wildman–Crippen LogP) is 2.99. The Hall–Kier alpha value is -2.60. The average Bonchev–Trinajstić information content (AvgIpc) is 2.68. The number of carbonyl (C=O) groups excluding carboxylic acids is 2. The van der Waals surface area contributed by atoms with Gasteiger partial charge >= 0.3 is 5.97 Å². The van der Waals surface area contributed by atoms with E-state index < -0.39 is 11.4 Å². The number of benzene rings is 1. The fraction of sp³-hybridized carbons (Fsp3) is 0.478. The molecule has 1 heterocycles. The highest BCUT2D eigenvalue weighted by Gasteiger charge is 2.50. The molecule has 154 valence electrons. The topological polar surface area (TPSA) is 61.8 Å². The number of hydrogen-bond donors (Lipinski definition) is 0. The second kappa shape index (κ2) is 6.73.